The van der Waals surface area contributed by atoms with Gasteiger partial charge in [0.25, 0.3) is 0 Å². The maximum atomic E-state index is 13.1. The fourth-order valence-electron chi connectivity index (χ4n) is 3.60. The summed E-state index contributed by atoms with van der Waals surface area (Å²) >= 11 is 0. The number of rotatable bonds is 6. The van der Waals surface area contributed by atoms with Gasteiger partial charge in [-0.15, -0.1) is 0 Å². The third kappa shape index (κ3) is 4.15. The van der Waals surface area contributed by atoms with Crippen molar-refractivity contribution >= 4 is 22.5 Å². The summed E-state index contributed by atoms with van der Waals surface area (Å²) in [5.74, 6) is -0.349. The van der Waals surface area contributed by atoms with Crippen LogP contribution in [-0.2, 0) is 9.53 Å². The van der Waals surface area contributed by atoms with Crippen LogP contribution in [0.4, 0.5) is 0 Å². The van der Waals surface area contributed by atoms with Gasteiger partial charge in [0.05, 0.1) is 12.3 Å². The van der Waals surface area contributed by atoms with Crippen LogP contribution in [0.15, 0.2) is 108 Å². The highest BCUT2D eigenvalue weighted by Crippen LogP contribution is 2.29. The Bertz CT molecular complexity index is 1120. The van der Waals surface area contributed by atoms with Crippen LogP contribution in [0.5, 0.6) is 0 Å². The van der Waals surface area contributed by atoms with E-state index in [-0.39, 0.29) is 5.97 Å². The van der Waals surface area contributed by atoms with Gasteiger partial charge in [0, 0.05) is 11.1 Å². The van der Waals surface area contributed by atoms with E-state index in [1.54, 1.807) is 0 Å². The molecule has 3 heteroatoms. The van der Waals surface area contributed by atoms with Gasteiger partial charge in [-0.2, -0.15) is 0 Å². The summed E-state index contributed by atoms with van der Waals surface area (Å²) in [5, 5.41) is 2.07. The van der Waals surface area contributed by atoms with Crippen molar-refractivity contribution in [3.05, 3.63) is 120 Å². The van der Waals surface area contributed by atoms with Crippen LogP contribution < -0.4 is 0 Å². The normalized spacial score (nSPS) is 11.6. The first-order valence-corrected chi connectivity index (χ1v) is 10.1. The molecule has 0 radical (unpaired) electrons. The van der Waals surface area contributed by atoms with Gasteiger partial charge in [0.2, 0.25) is 0 Å². The first kappa shape index (κ1) is 19.6. The average molecular weight is 393 g/mol. The number of nitrogens with zero attached hydrogens (tertiary/aromatic N) is 1. The van der Waals surface area contributed by atoms with Crippen molar-refractivity contribution < 1.29 is 9.53 Å². The van der Waals surface area contributed by atoms with Gasteiger partial charge in [0.1, 0.15) is 0 Å². The average Bonchev–Trinajstić information content (AvgIpc) is 2.81. The molecule has 1 unspecified atom stereocenters. The first-order chi connectivity index (χ1) is 14.8. The Morgan fingerprint density at radius 1 is 0.767 bits per heavy atom. The topological polar surface area (TPSA) is 38.7 Å². The van der Waals surface area contributed by atoms with E-state index >= 15 is 0 Å². The number of hydrogen-bond donors (Lipinski definition) is 0. The standard InChI is InChI=1S/C27H23NO2/c1-2-30-27(29)26(24-19-11-17-20-12-9-10-18-23(20)24)28-25(21-13-5-3-6-14-21)22-15-7-4-8-16-22/h3-19,26H,2H2,1H3. The van der Waals surface area contributed by atoms with Gasteiger partial charge in [-0.05, 0) is 23.3 Å². The van der Waals surface area contributed by atoms with Gasteiger partial charge in [-0.25, -0.2) is 4.79 Å². The van der Waals surface area contributed by atoms with Crippen LogP contribution >= 0.6 is 0 Å². The minimum atomic E-state index is -0.758. The molecule has 0 aromatic heterocycles. The molecule has 4 aromatic rings. The third-order valence-corrected chi connectivity index (χ3v) is 4.98. The molecular weight excluding hydrogens is 370 g/mol. The summed E-state index contributed by atoms with van der Waals surface area (Å²) in [7, 11) is 0. The zero-order valence-corrected chi connectivity index (χ0v) is 16.9. The minimum Gasteiger partial charge on any atom is -0.464 e. The van der Waals surface area contributed by atoms with E-state index in [0.29, 0.717) is 6.61 Å². The quantitative estimate of drug-likeness (QED) is 0.298. The van der Waals surface area contributed by atoms with Gasteiger partial charge in [-0.3, -0.25) is 4.99 Å². The van der Waals surface area contributed by atoms with Crippen molar-refractivity contribution in [1.29, 1.82) is 0 Å². The second-order valence-corrected chi connectivity index (χ2v) is 6.93. The number of aliphatic imine (C=N–C) groups is 1. The smallest absolute Gasteiger partial charge is 0.335 e. The lowest BCUT2D eigenvalue weighted by Crippen LogP contribution is -2.17. The number of benzene rings is 4. The van der Waals surface area contributed by atoms with Gasteiger partial charge in [0.15, 0.2) is 6.04 Å². The van der Waals surface area contributed by atoms with Gasteiger partial charge in [-0.1, -0.05) is 103 Å². The summed E-state index contributed by atoms with van der Waals surface area (Å²) in [5.41, 5.74) is 3.52. The minimum absolute atomic E-state index is 0.307. The Balaban J connectivity index is 1.93. The molecular formula is C27H23NO2. The first-order valence-electron chi connectivity index (χ1n) is 10.1. The third-order valence-electron chi connectivity index (χ3n) is 4.98. The van der Waals surface area contributed by atoms with Crippen molar-refractivity contribution in [2.75, 3.05) is 6.61 Å². The van der Waals surface area contributed by atoms with Crippen molar-refractivity contribution in [2.24, 2.45) is 4.99 Å². The van der Waals surface area contributed by atoms with E-state index in [1.807, 2.05) is 110 Å². The monoisotopic (exact) mass is 393 g/mol. The summed E-state index contributed by atoms with van der Waals surface area (Å²) in [6, 6.07) is 33.1. The summed E-state index contributed by atoms with van der Waals surface area (Å²) in [6.07, 6.45) is 0. The highest BCUT2D eigenvalue weighted by Gasteiger charge is 2.24. The second-order valence-electron chi connectivity index (χ2n) is 6.93. The molecule has 0 aliphatic carbocycles. The fraction of sp³-hybridized carbons (Fsp3) is 0.111. The van der Waals surface area contributed by atoms with Crippen molar-refractivity contribution in [1.82, 2.24) is 0 Å². The van der Waals surface area contributed by atoms with Crippen LogP contribution in [0.25, 0.3) is 10.8 Å². The summed E-state index contributed by atoms with van der Waals surface area (Å²) < 4.78 is 5.43. The van der Waals surface area contributed by atoms with Gasteiger partial charge < -0.3 is 4.74 Å². The molecule has 3 nitrogen and oxygen atoms in total. The molecule has 4 rings (SSSR count). The lowest BCUT2D eigenvalue weighted by atomic mass is 9.97. The molecule has 1 atom stereocenters. The Labute approximate surface area is 176 Å². The molecule has 0 saturated heterocycles. The molecule has 0 saturated carbocycles. The fourth-order valence-corrected chi connectivity index (χ4v) is 3.60. The van der Waals surface area contributed by atoms with Crippen LogP contribution in [-0.4, -0.2) is 18.3 Å². The second kappa shape index (κ2) is 9.19. The summed E-state index contributed by atoms with van der Waals surface area (Å²) in [6.45, 7) is 2.12. The zero-order chi connectivity index (χ0) is 20.8. The van der Waals surface area contributed by atoms with E-state index in [9.17, 15) is 4.79 Å². The Morgan fingerprint density at radius 3 is 1.97 bits per heavy atom. The van der Waals surface area contributed by atoms with E-state index in [0.717, 1.165) is 33.2 Å². The zero-order valence-electron chi connectivity index (χ0n) is 16.9. The van der Waals surface area contributed by atoms with Crippen LogP contribution in [0, 0.1) is 0 Å². The molecule has 148 valence electrons. The Morgan fingerprint density at radius 2 is 1.33 bits per heavy atom. The number of hydrogen-bond acceptors (Lipinski definition) is 3. The molecule has 4 aromatic carbocycles. The van der Waals surface area contributed by atoms with E-state index in [2.05, 4.69) is 0 Å². The molecule has 0 bridgehead atoms. The molecule has 0 fully saturated rings. The highest BCUT2D eigenvalue weighted by atomic mass is 16.5. The highest BCUT2D eigenvalue weighted by molar-refractivity contribution is 6.13. The molecule has 30 heavy (non-hydrogen) atoms. The predicted octanol–water partition coefficient (Wildman–Crippen LogP) is 5.98. The maximum Gasteiger partial charge on any atom is 0.335 e. The molecule has 0 amide bonds. The molecule has 0 spiro atoms. The number of esters is 1. The maximum absolute atomic E-state index is 13.1. The summed E-state index contributed by atoms with van der Waals surface area (Å²) in [4.78, 5) is 18.1. The molecule has 0 N–H and O–H groups in total. The molecule has 0 aliphatic rings. The SMILES string of the molecule is CCOC(=O)C(N=C(c1ccccc1)c1ccccc1)c1cccc2ccccc12. The predicted molar refractivity (Wildman–Crippen MR) is 122 cm³/mol. The van der Waals surface area contributed by atoms with E-state index < -0.39 is 6.04 Å². The molecule has 0 aliphatic heterocycles. The Kier molecular flexibility index (Phi) is 6.00. The van der Waals surface area contributed by atoms with Crippen molar-refractivity contribution in [2.45, 2.75) is 13.0 Å². The van der Waals surface area contributed by atoms with E-state index in [4.69, 9.17) is 9.73 Å². The molecule has 0 heterocycles. The number of ether oxygens (including phenoxy) is 1. The lowest BCUT2D eigenvalue weighted by molar-refractivity contribution is -0.144. The van der Waals surface area contributed by atoms with Crippen molar-refractivity contribution in [3.63, 3.8) is 0 Å². The largest absolute Gasteiger partial charge is 0.464 e. The lowest BCUT2D eigenvalue weighted by Gasteiger charge is -2.17. The van der Waals surface area contributed by atoms with Crippen molar-refractivity contribution in [3.8, 4) is 0 Å². The van der Waals surface area contributed by atoms with Gasteiger partial charge >= 0.3 is 5.97 Å². The van der Waals surface area contributed by atoms with E-state index in [1.165, 1.54) is 0 Å². The number of carbonyl (C=O) groups excluding carboxylic acids is 1. The number of carbonyl (C=O) groups is 1. The van der Waals surface area contributed by atoms with Crippen LogP contribution in [0.1, 0.15) is 29.7 Å². The van der Waals surface area contributed by atoms with Crippen LogP contribution in [0.2, 0.25) is 0 Å². The Hall–Kier alpha value is -3.72. The number of fused-ring (bicyclic) bond motifs is 1. The van der Waals surface area contributed by atoms with Crippen LogP contribution in [0.3, 0.4) is 0 Å².